The second kappa shape index (κ2) is 10.2. The van der Waals surface area contributed by atoms with Crippen LogP contribution >= 0.6 is 0 Å². The molecule has 0 saturated carbocycles. The van der Waals surface area contributed by atoms with E-state index in [0.717, 1.165) is 47.7 Å². The molecule has 0 saturated heterocycles. The Balaban J connectivity index is 2.76. The quantitative estimate of drug-likeness (QED) is 0.593. The van der Waals surface area contributed by atoms with Gasteiger partial charge in [-0.15, -0.1) is 0 Å². The molecule has 0 spiro atoms. The highest BCUT2D eigenvalue weighted by Crippen LogP contribution is 2.04. The van der Waals surface area contributed by atoms with Crippen LogP contribution in [0.3, 0.4) is 0 Å². The predicted octanol–water partition coefficient (Wildman–Crippen LogP) is 2.19. The van der Waals surface area contributed by atoms with Crippen molar-refractivity contribution in [2.24, 2.45) is 0 Å². The van der Waals surface area contributed by atoms with Crippen LogP contribution in [0.5, 0.6) is 0 Å². The Labute approximate surface area is 163 Å². The van der Waals surface area contributed by atoms with E-state index >= 15 is 0 Å². The minimum atomic E-state index is -0.595. The molecule has 0 unspecified atom stereocenters. The van der Waals surface area contributed by atoms with Gasteiger partial charge in [-0.2, -0.15) is 0 Å². The van der Waals surface area contributed by atoms with Gasteiger partial charge < -0.3 is 4.98 Å². The average molecular weight is 393 g/mol. The monoisotopic (exact) mass is 392 g/mol. The van der Waals surface area contributed by atoms with Gasteiger partial charge >= 0.3 is 11.4 Å². The van der Waals surface area contributed by atoms with Gasteiger partial charge in [0.15, 0.2) is 0 Å². The summed E-state index contributed by atoms with van der Waals surface area (Å²) >= 11 is 0. The molecule has 0 bridgehead atoms. The van der Waals surface area contributed by atoms with Crippen LogP contribution in [0, 0.1) is 0 Å². The highest BCUT2D eigenvalue weighted by molar-refractivity contribution is 5.72. The van der Waals surface area contributed by atoms with E-state index in [-0.39, 0.29) is 24.1 Å². The maximum Gasteiger partial charge on any atom is 0.331 e. The number of nitrogens with zero attached hydrogens (tertiary/aromatic N) is 3. The molecular formula is C20H32N4O4. The first-order chi connectivity index (χ1) is 13.5. The molecule has 2 aromatic heterocycles. The Morgan fingerprint density at radius 2 is 1.18 bits per heavy atom. The number of hydrogen-bond donors (Lipinski definition) is 1. The van der Waals surface area contributed by atoms with Crippen LogP contribution in [0.2, 0.25) is 0 Å². The molecule has 2 heterocycles. The largest absolute Gasteiger partial charge is 0.331 e. The zero-order valence-electron chi connectivity index (χ0n) is 17.3. The van der Waals surface area contributed by atoms with Gasteiger partial charge in [0.25, 0.3) is 11.1 Å². The van der Waals surface area contributed by atoms with Crippen LogP contribution in [-0.2, 0) is 19.6 Å². The third-order valence-electron chi connectivity index (χ3n) is 5.06. The first kappa shape index (κ1) is 21.9. The lowest BCUT2D eigenvalue weighted by Crippen LogP contribution is -2.46. The third-order valence-corrected chi connectivity index (χ3v) is 5.06. The number of unbranched alkanes of at least 4 members (excludes halogenated alkanes) is 5. The van der Waals surface area contributed by atoms with Crippen molar-refractivity contribution in [2.45, 2.75) is 91.8 Å². The Morgan fingerprint density at radius 1 is 0.643 bits per heavy atom. The summed E-state index contributed by atoms with van der Waals surface area (Å²) in [5.41, 5.74) is -2.24. The topological polar surface area (TPSA) is 98.9 Å². The molecule has 0 aliphatic heterocycles. The van der Waals surface area contributed by atoms with Crippen LogP contribution in [0.1, 0.15) is 72.1 Å². The molecular weight excluding hydrogens is 360 g/mol. The fourth-order valence-corrected chi connectivity index (χ4v) is 3.39. The van der Waals surface area contributed by atoms with Gasteiger partial charge in [-0.25, -0.2) is 9.59 Å². The van der Waals surface area contributed by atoms with E-state index in [9.17, 15) is 19.2 Å². The van der Waals surface area contributed by atoms with E-state index in [1.807, 2.05) is 13.8 Å². The minimum Gasteiger partial charge on any atom is -0.301 e. The lowest BCUT2D eigenvalue weighted by molar-refractivity contribution is 0.511. The van der Waals surface area contributed by atoms with Crippen molar-refractivity contribution in [1.82, 2.24) is 18.7 Å². The second-order valence-electron chi connectivity index (χ2n) is 7.27. The molecule has 8 nitrogen and oxygen atoms in total. The Morgan fingerprint density at radius 3 is 1.75 bits per heavy atom. The molecule has 0 amide bonds. The molecule has 0 atom stereocenters. The molecule has 0 aromatic carbocycles. The molecule has 0 aliphatic carbocycles. The fraction of sp³-hybridized carbons (Fsp3) is 0.700. The van der Waals surface area contributed by atoms with Gasteiger partial charge in [0.2, 0.25) is 0 Å². The molecule has 2 aromatic rings. The van der Waals surface area contributed by atoms with Gasteiger partial charge in [0.1, 0.15) is 11.0 Å². The van der Waals surface area contributed by atoms with E-state index < -0.39 is 22.5 Å². The number of aromatic nitrogens is 4. The molecule has 0 radical (unpaired) electrons. The summed E-state index contributed by atoms with van der Waals surface area (Å²) in [5.74, 6) is 0. The van der Waals surface area contributed by atoms with E-state index in [2.05, 4.69) is 11.9 Å². The molecule has 0 fully saturated rings. The van der Waals surface area contributed by atoms with Gasteiger partial charge in [-0.05, 0) is 19.3 Å². The van der Waals surface area contributed by atoms with Gasteiger partial charge in [-0.3, -0.25) is 23.3 Å². The summed E-state index contributed by atoms with van der Waals surface area (Å²) in [4.78, 5) is 53.9. The number of nitrogens with one attached hydrogen (secondary N) is 1. The van der Waals surface area contributed by atoms with Crippen molar-refractivity contribution in [2.75, 3.05) is 0 Å². The molecule has 156 valence electrons. The Hall–Kier alpha value is -2.38. The van der Waals surface area contributed by atoms with Crippen molar-refractivity contribution in [3.8, 4) is 0 Å². The maximum atomic E-state index is 13.0. The van der Waals surface area contributed by atoms with E-state index in [1.54, 1.807) is 0 Å². The minimum absolute atomic E-state index is 0.0218. The SMILES string of the molecule is CCCCCn1c(=O)c2[nH]c(=O)n(CCCC)c(=O)c2n(CCCCC)c1=O. The summed E-state index contributed by atoms with van der Waals surface area (Å²) in [7, 11) is 0. The summed E-state index contributed by atoms with van der Waals surface area (Å²) in [6.07, 6.45) is 6.67. The van der Waals surface area contributed by atoms with Crippen LogP contribution in [-0.4, -0.2) is 18.7 Å². The summed E-state index contributed by atoms with van der Waals surface area (Å²) in [6.45, 7) is 6.98. The number of H-pyrrole nitrogens is 1. The molecule has 8 heteroatoms. The first-order valence-electron chi connectivity index (χ1n) is 10.5. The summed E-state index contributed by atoms with van der Waals surface area (Å²) < 4.78 is 3.65. The Bertz CT molecular complexity index is 1030. The van der Waals surface area contributed by atoms with Crippen molar-refractivity contribution in [3.05, 3.63) is 41.7 Å². The van der Waals surface area contributed by atoms with Crippen molar-refractivity contribution < 1.29 is 0 Å². The molecule has 1 N–H and O–H groups in total. The standard InChI is InChI=1S/C20H32N4O4/c1-4-7-10-13-22-16-15(17(25)24(20(22)28)14-11-8-5-2)21-19(27)23(18(16)26)12-9-6-3/h4-14H2,1-3H3,(H,21,27). The highest BCUT2D eigenvalue weighted by Gasteiger charge is 2.19. The highest BCUT2D eigenvalue weighted by atomic mass is 16.2. The normalized spacial score (nSPS) is 11.4. The first-order valence-corrected chi connectivity index (χ1v) is 10.5. The third kappa shape index (κ3) is 4.54. The number of fused-ring (bicyclic) bond motifs is 1. The molecule has 0 aliphatic rings. The molecule has 2 rings (SSSR count). The maximum absolute atomic E-state index is 13.0. The van der Waals surface area contributed by atoms with Crippen LogP contribution in [0.4, 0.5) is 0 Å². The van der Waals surface area contributed by atoms with Crippen molar-refractivity contribution in [1.29, 1.82) is 0 Å². The fourth-order valence-electron chi connectivity index (χ4n) is 3.39. The van der Waals surface area contributed by atoms with Crippen molar-refractivity contribution in [3.63, 3.8) is 0 Å². The predicted molar refractivity (Wildman–Crippen MR) is 111 cm³/mol. The van der Waals surface area contributed by atoms with E-state index in [4.69, 9.17) is 0 Å². The number of rotatable bonds is 11. The lowest BCUT2D eigenvalue weighted by Gasteiger charge is -2.14. The zero-order chi connectivity index (χ0) is 20.7. The average Bonchev–Trinajstić information content (AvgIpc) is 2.67. The summed E-state index contributed by atoms with van der Waals surface area (Å²) in [5, 5.41) is 0. The number of aromatic amines is 1. The molecule has 28 heavy (non-hydrogen) atoms. The number of hydrogen-bond acceptors (Lipinski definition) is 4. The Kier molecular flexibility index (Phi) is 8.02. The zero-order valence-corrected chi connectivity index (χ0v) is 17.3. The van der Waals surface area contributed by atoms with Crippen LogP contribution in [0.15, 0.2) is 19.2 Å². The van der Waals surface area contributed by atoms with Gasteiger partial charge in [0.05, 0.1) is 0 Å². The van der Waals surface area contributed by atoms with Crippen LogP contribution in [0.25, 0.3) is 11.0 Å². The smallest absolute Gasteiger partial charge is 0.301 e. The summed E-state index contributed by atoms with van der Waals surface area (Å²) in [6, 6.07) is 0. The van der Waals surface area contributed by atoms with Crippen LogP contribution < -0.4 is 22.5 Å². The second-order valence-corrected chi connectivity index (χ2v) is 7.27. The van der Waals surface area contributed by atoms with Crippen molar-refractivity contribution >= 4 is 11.0 Å². The van der Waals surface area contributed by atoms with E-state index in [0.29, 0.717) is 19.4 Å². The van der Waals surface area contributed by atoms with E-state index in [1.165, 1.54) is 4.57 Å². The van der Waals surface area contributed by atoms with Gasteiger partial charge in [-0.1, -0.05) is 52.9 Å². The van der Waals surface area contributed by atoms with Gasteiger partial charge in [0, 0.05) is 19.6 Å². The lowest BCUT2D eigenvalue weighted by atomic mass is 10.2. The number of aryl methyl sites for hydroxylation is 1.